The highest BCUT2D eigenvalue weighted by molar-refractivity contribution is 7.72. The highest BCUT2D eigenvalue weighted by Gasteiger charge is 1.20. The molecule has 0 atom stereocenters. The summed E-state index contributed by atoms with van der Waals surface area (Å²) in [6.07, 6.45) is 0. The van der Waals surface area contributed by atoms with Gasteiger partial charge in [-0.2, -0.15) is 0 Å². The number of rotatable bonds is 0. The fraction of sp³-hybridized carbons (Fsp3) is 0. The van der Waals surface area contributed by atoms with Gasteiger partial charge < -0.3 is 21.4 Å². The van der Waals surface area contributed by atoms with Crippen molar-refractivity contribution in [2.75, 3.05) is 0 Å². The maximum Gasteiger partial charge on any atom is -0.142 e. The third-order valence-electron chi connectivity index (χ3n) is 0. The van der Waals surface area contributed by atoms with Crippen LogP contribution in [0, 0.1) is 0 Å². The summed E-state index contributed by atoms with van der Waals surface area (Å²) in [6, 6.07) is 0. The predicted molar refractivity (Wildman–Crippen MR) is 28.9 cm³/mol. The molecule has 0 aromatic carbocycles. The van der Waals surface area contributed by atoms with Gasteiger partial charge in [-0.3, -0.25) is 4.21 Å². The minimum absolute atomic E-state index is 0. The molecule has 0 aromatic heterocycles. The van der Waals surface area contributed by atoms with Gasteiger partial charge in [0.15, 0.2) is 0 Å². The van der Waals surface area contributed by atoms with E-state index >= 15 is 0 Å². The summed E-state index contributed by atoms with van der Waals surface area (Å²) in [5.74, 6) is 0. The van der Waals surface area contributed by atoms with Crippen LogP contribution in [-0.4, -0.2) is 13.3 Å². The second-order valence-electron chi connectivity index (χ2n) is 0.204. The fourth-order valence-electron chi connectivity index (χ4n) is 0. The summed E-state index contributed by atoms with van der Waals surface area (Å²) >= 11 is -3.11. The first-order chi connectivity index (χ1) is 1.73. The molecule has 0 rings (SSSR count). The summed E-state index contributed by atoms with van der Waals surface area (Å²) in [7, 11) is 0. The molecular formula is H9ClN2O3S. The van der Waals surface area contributed by atoms with Crippen molar-refractivity contribution in [1.82, 2.24) is 12.3 Å². The molecule has 0 saturated carbocycles. The molecule has 0 amide bonds. The maximum absolute atomic E-state index is 8.44. The van der Waals surface area contributed by atoms with Crippen LogP contribution in [0.15, 0.2) is 0 Å². The van der Waals surface area contributed by atoms with Crippen LogP contribution in [0.4, 0.5) is 0 Å². The zero-order valence-electron chi connectivity index (χ0n) is 4.04. The zero-order chi connectivity index (χ0) is 3.58. The van der Waals surface area contributed by atoms with Gasteiger partial charge in [0.25, 0.3) is 0 Å². The van der Waals surface area contributed by atoms with Crippen LogP contribution in [0.2, 0.25) is 0 Å². The molecule has 0 aliphatic carbocycles. The summed E-state index contributed by atoms with van der Waals surface area (Å²) in [6.45, 7) is 0. The van der Waals surface area contributed by atoms with Crippen LogP contribution in [-0.2, 0) is 11.4 Å². The first-order valence-electron chi connectivity index (χ1n) is 0.500. The lowest BCUT2D eigenvalue weighted by Crippen LogP contribution is -1.76. The van der Waals surface area contributed by atoms with Gasteiger partial charge in [0.05, 0.1) is 0 Å². The molecule has 0 spiro atoms. The Kier molecular flexibility index (Phi) is 62.0. The topological polar surface area (TPSA) is 136 Å². The number of quaternary nitrogens is 2. The van der Waals surface area contributed by atoms with E-state index in [0.717, 1.165) is 0 Å². The van der Waals surface area contributed by atoms with Crippen LogP contribution in [0.1, 0.15) is 0 Å². The van der Waals surface area contributed by atoms with E-state index in [1.807, 2.05) is 0 Å². The largest absolute Gasteiger partial charge is 0.784 e. The average molecular weight is 153 g/mol. The molecule has 0 fully saturated rings. The van der Waals surface area contributed by atoms with E-state index in [0.29, 0.717) is 0 Å². The van der Waals surface area contributed by atoms with Gasteiger partial charge in [-0.25, -0.2) is 0 Å². The molecule has 7 heteroatoms. The Bertz CT molecular complexity index is 35.9. The van der Waals surface area contributed by atoms with Crippen LogP contribution in [0.5, 0.6) is 0 Å². The van der Waals surface area contributed by atoms with E-state index in [2.05, 4.69) is 0 Å². The minimum Gasteiger partial charge on any atom is -0.784 e. The zero-order valence-corrected chi connectivity index (χ0v) is 5.67. The van der Waals surface area contributed by atoms with Crippen molar-refractivity contribution in [2.45, 2.75) is 0 Å². The molecule has 50 valence electrons. The van der Waals surface area contributed by atoms with Gasteiger partial charge in [-0.1, -0.05) is 0 Å². The van der Waals surface area contributed by atoms with Crippen LogP contribution in [0.25, 0.3) is 0 Å². The lowest BCUT2D eigenvalue weighted by molar-refractivity contribution is 0.419. The summed E-state index contributed by atoms with van der Waals surface area (Å²) in [5.41, 5.74) is 0. The number of hydrogen-bond donors (Lipinski definition) is 2. The van der Waals surface area contributed by atoms with E-state index in [1.54, 1.807) is 0 Å². The van der Waals surface area contributed by atoms with E-state index in [1.165, 1.54) is 0 Å². The molecule has 0 heterocycles. The third-order valence-corrected chi connectivity index (χ3v) is 0. The molecule has 8 N–H and O–H groups in total. The molecule has 0 unspecified atom stereocenters. The monoisotopic (exact) mass is 152 g/mol. The second kappa shape index (κ2) is 16.3. The molecule has 0 radical (unpaired) electrons. The standard InChI is InChI=1S/ClH.2H3N.H2O3S/c;;;1-4(2)3/h1H;2*1H3;(H2,1,2,3). The molecule has 5 nitrogen and oxygen atoms in total. The first kappa shape index (κ1) is 26.7. The van der Waals surface area contributed by atoms with Crippen LogP contribution >= 0.6 is 12.4 Å². The van der Waals surface area contributed by atoms with E-state index < -0.39 is 11.4 Å². The summed E-state index contributed by atoms with van der Waals surface area (Å²) < 4.78 is 25.3. The molecule has 0 aliphatic heterocycles. The van der Waals surface area contributed by atoms with Crippen molar-refractivity contribution in [3.05, 3.63) is 0 Å². The lowest BCUT2D eigenvalue weighted by Gasteiger charge is -2.03. The quantitative estimate of drug-likeness (QED) is 0.479. The van der Waals surface area contributed by atoms with E-state index in [-0.39, 0.29) is 24.7 Å². The molecule has 0 saturated heterocycles. The minimum atomic E-state index is -3.11. The second-order valence-corrected chi connectivity index (χ2v) is 0.612. The van der Waals surface area contributed by atoms with Crippen molar-refractivity contribution in [3.63, 3.8) is 0 Å². The Morgan fingerprint density at radius 1 is 1.14 bits per heavy atom. The van der Waals surface area contributed by atoms with Gasteiger partial charge in [0.1, 0.15) is 0 Å². The average Bonchev–Trinajstić information content (AvgIpc) is 0.811. The summed E-state index contributed by atoms with van der Waals surface area (Å²) in [4.78, 5) is 0. The van der Waals surface area contributed by atoms with Crippen molar-refractivity contribution in [1.29, 1.82) is 0 Å². The Hall–Kier alpha value is 0.280. The molecule has 0 aromatic rings. The van der Waals surface area contributed by atoms with Gasteiger partial charge in [0.2, 0.25) is 0 Å². The van der Waals surface area contributed by atoms with Crippen molar-refractivity contribution < 1.29 is 13.3 Å². The van der Waals surface area contributed by atoms with Gasteiger partial charge in [-0.15, -0.1) is 23.8 Å². The highest BCUT2D eigenvalue weighted by atomic mass is 35.5. The maximum atomic E-state index is 8.44. The Balaban J connectivity index is -0.0000000150. The van der Waals surface area contributed by atoms with Crippen molar-refractivity contribution in [3.8, 4) is 0 Å². The number of hydrogen-bond acceptors (Lipinski definition) is 3. The molecule has 0 aliphatic rings. The van der Waals surface area contributed by atoms with Gasteiger partial charge in [-0.05, 0) is 0 Å². The van der Waals surface area contributed by atoms with E-state index in [9.17, 15) is 0 Å². The number of halogens is 1. The van der Waals surface area contributed by atoms with Crippen LogP contribution < -0.4 is 12.3 Å². The molecule has 7 heavy (non-hydrogen) atoms. The molecular weight excluding hydrogens is 144 g/mol. The Labute approximate surface area is 50.2 Å². The highest BCUT2D eigenvalue weighted by Crippen LogP contribution is 1.42. The normalized spacial score (nSPS) is 5.00. The van der Waals surface area contributed by atoms with Gasteiger partial charge in [0, 0.05) is 0 Å². The van der Waals surface area contributed by atoms with Crippen molar-refractivity contribution >= 4 is 23.8 Å². The Morgan fingerprint density at radius 2 is 1.14 bits per heavy atom. The smallest absolute Gasteiger partial charge is 0.142 e. The lowest BCUT2D eigenvalue weighted by atomic mass is 14.0. The summed E-state index contributed by atoms with van der Waals surface area (Å²) in [5, 5.41) is 0. The van der Waals surface area contributed by atoms with E-state index in [4.69, 9.17) is 13.3 Å². The predicted octanol–water partition coefficient (Wildman–Crippen LogP) is 0.170. The van der Waals surface area contributed by atoms with Gasteiger partial charge >= 0.3 is 0 Å². The fourth-order valence-corrected chi connectivity index (χ4v) is 0. The SMILES string of the molecule is Cl.O=S([O-])[O-].[NH4+].[NH4+]. The first-order valence-corrected chi connectivity index (χ1v) is 1.50. The third kappa shape index (κ3) is 1470. The van der Waals surface area contributed by atoms with Crippen molar-refractivity contribution in [2.24, 2.45) is 0 Å². The Morgan fingerprint density at radius 3 is 1.14 bits per heavy atom. The van der Waals surface area contributed by atoms with Crippen LogP contribution in [0.3, 0.4) is 0 Å². The molecule has 0 bridgehead atoms.